The molecule has 1 aromatic rings. The molecule has 5 heteroatoms. The van der Waals surface area contributed by atoms with Gasteiger partial charge in [-0.05, 0) is 33.6 Å². The van der Waals surface area contributed by atoms with Gasteiger partial charge in [-0.1, -0.05) is 0 Å². The van der Waals surface area contributed by atoms with Gasteiger partial charge in [0.2, 0.25) is 0 Å². The fourth-order valence-corrected chi connectivity index (χ4v) is 2.87. The van der Waals surface area contributed by atoms with Crippen LogP contribution in [0.5, 0.6) is 0 Å². The minimum absolute atomic E-state index is 0.205. The molecule has 1 aliphatic rings. The van der Waals surface area contributed by atoms with Crippen molar-refractivity contribution < 1.29 is 9.53 Å². The molecule has 0 N–H and O–H groups in total. The van der Waals surface area contributed by atoms with Crippen molar-refractivity contribution in [2.45, 2.75) is 45.1 Å². The van der Waals surface area contributed by atoms with E-state index in [1.54, 1.807) is 16.2 Å². The van der Waals surface area contributed by atoms with Gasteiger partial charge in [-0.2, -0.15) is 0 Å². The number of likely N-dealkylation sites (tertiary alicyclic amines) is 1. The van der Waals surface area contributed by atoms with Gasteiger partial charge in [-0.25, -0.2) is 9.78 Å². The third-order valence-electron chi connectivity index (χ3n) is 2.87. The molecule has 100 valence electrons. The molecular formula is C13H20N2O2S. The second-order valence-corrected chi connectivity index (χ2v) is 6.56. The Morgan fingerprint density at radius 1 is 1.56 bits per heavy atom. The Bertz CT molecular complexity index is 398. The number of amides is 1. The summed E-state index contributed by atoms with van der Waals surface area (Å²) in [7, 11) is 0. The summed E-state index contributed by atoms with van der Waals surface area (Å²) >= 11 is 1.67. The number of ether oxygens (including phenoxy) is 1. The van der Waals surface area contributed by atoms with Gasteiger partial charge >= 0.3 is 6.09 Å². The third kappa shape index (κ3) is 3.45. The largest absolute Gasteiger partial charge is 0.444 e. The van der Waals surface area contributed by atoms with Crippen LogP contribution in [0.3, 0.4) is 0 Å². The summed E-state index contributed by atoms with van der Waals surface area (Å²) in [6, 6.07) is 0. The maximum absolute atomic E-state index is 12.0. The molecule has 1 amide bonds. The SMILES string of the molecule is CC(C)(C)OC(=O)N1CCC[C@H](c2nccs2)C1. The molecule has 1 saturated heterocycles. The minimum atomic E-state index is -0.425. The predicted octanol–water partition coefficient (Wildman–Crippen LogP) is 3.26. The molecule has 18 heavy (non-hydrogen) atoms. The van der Waals surface area contributed by atoms with E-state index in [9.17, 15) is 4.79 Å². The molecule has 0 saturated carbocycles. The first kappa shape index (κ1) is 13.3. The van der Waals surface area contributed by atoms with E-state index in [-0.39, 0.29) is 6.09 Å². The fraction of sp³-hybridized carbons (Fsp3) is 0.692. The molecule has 0 bridgehead atoms. The van der Waals surface area contributed by atoms with Gasteiger partial charge in [0.25, 0.3) is 0 Å². The third-order valence-corrected chi connectivity index (χ3v) is 3.81. The van der Waals surface area contributed by atoms with Crippen molar-refractivity contribution in [2.75, 3.05) is 13.1 Å². The monoisotopic (exact) mass is 268 g/mol. The lowest BCUT2D eigenvalue weighted by Gasteiger charge is -2.33. The molecule has 0 aliphatic carbocycles. The number of hydrogen-bond donors (Lipinski definition) is 0. The van der Waals surface area contributed by atoms with Crippen LogP contribution in [0.25, 0.3) is 0 Å². The molecule has 4 nitrogen and oxygen atoms in total. The van der Waals surface area contributed by atoms with Crippen LogP contribution in [0.15, 0.2) is 11.6 Å². The molecular weight excluding hydrogens is 248 g/mol. The average Bonchev–Trinajstić information content (AvgIpc) is 2.80. The van der Waals surface area contributed by atoms with Gasteiger partial charge in [0.05, 0.1) is 5.01 Å². The summed E-state index contributed by atoms with van der Waals surface area (Å²) in [5.74, 6) is 0.367. The molecule has 1 aliphatic heterocycles. The van der Waals surface area contributed by atoms with Crippen LogP contribution in [-0.4, -0.2) is 34.7 Å². The Morgan fingerprint density at radius 2 is 2.33 bits per heavy atom. The standard InChI is InChI=1S/C13H20N2O2S/c1-13(2,3)17-12(16)15-7-4-5-10(9-15)11-14-6-8-18-11/h6,8,10H,4-5,7,9H2,1-3H3/t10-/m0/s1. The molecule has 1 aromatic heterocycles. The zero-order valence-electron chi connectivity index (χ0n) is 11.2. The van der Waals surface area contributed by atoms with E-state index >= 15 is 0 Å². The van der Waals surface area contributed by atoms with Crippen molar-refractivity contribution in [2.24, 2.45) is 0 Å². The zero-order chi connectivity index (χ0) is 13.2. The van der Waals surface area contributed by atoms with Gasteiger partial charge in [-0.3, -0.25) is 0 Å². The number of hydrogen-bond acceptors (Lipinski definition) is 4. The Kier molecular flexibility index (Phi) is 3.90. The first-order valence-electron chi connectivity index (χ1n) is 6.33. The van der Waals surface area contributed by atoms with Crippen molar-refractivity contribution in [1.82, 2.24) is 9.88 Å². The normalized spacial score (nSPS) is 20.8. The Morgan fingerprint density at radius 3 is 2.94 bits per heavy atom. The van der Waals surface area contributed by atoms with E-state index in [2.05, 4.69) is 4.98 Å². The Labute approximate surface area is 112 Å². The summed E-state index contributed by atoms with van der Waals surface area (Å²) in [6.07, 6.45) is 3.74. The van der Waals surface area contributed by atoms with Crippen molar-refractivity contribution in [3.8, 4) is 0 Å². The quantitative estimate of drug-likeness (QED) is 0.785. The number of aromatic nitrogens is 1. The first-order chi connectivity index (χ1) is 8.46. The number of carbonyl (C=O) groups is 1. The van der Waals surface area contributed by atoms with E-state index in [0.717, 1.165) is 30.9 Å². The predicted molar refractivity (Wildman–Crippen MR) is 71.9 cm³/mol. The van der Waals surface area contributed by atoms with E-state index in [0.29, 0.717) is 5.92 Å². The maximum Gasteiger partial charge on any atom is 0.410 e. The fourth-order valence-electron chi connectivity index (χ4n) is 2.11. The number of rotatable bonds is 1. The number of carbonyl (C=O) groups excluding carboxylic acids is 1. The van der Waals surface area contributed by atoms with Crippen LogP contribution in [-0.2, 0) is 4.74 Å². The summed E-state index contributed by atoms with van der Waals surface area (Å²) in [6.45, 7) is 7.20. The molecule has 2 heterocycles. The molecule has 0 radical (unpaired) electrons. The van der Waals surface area contributed by atoms with Crippen molar-refractivity contribution in [1.29, 1.82) is 0 Å². The summed E-state index contributed by atoms with van der Waals surface area (Å²) in [5.41, 5.74) is -0.425. The summed E-state index contributed by atoms with van der Waals surface area (Å²) in [4.78, 5) is 18.2. The number of piperidine rings is 1. The van der Waals surface area contributed by atoms with E-state index in [1.165, 1.54) is 0 Å². The van der Waals surface area contributed by atoms with E-state index in [1.807, 2.05) is 32.3 Å². The van der Waals surface area contributed by atoms with Crippen LogP contribution < -0.4 is 0 Å². The summed E-state index contributed by atoms with van der Waals surface area (Å²) < 4.78 is 5.41. The van der Waals surface area contributed by atoms with Gasteiger partial charge in [-0.15, -0.1) is 11.3 Å². The van der Waals surface area contributed by atoms with Crippen LogP contribution in [0.1, 0.15) is 44.5 Å². The molecule has 1 atom stereocenters. The second kappa shape index (κ2) is 5.26. The van der Waals surface area contributed by atoms with Gasteiger partial charge in [0.1, 0.15) is 5.60 Å². The second-order valence-electron chi connectivity index (χ2n) is 5.64. The van der Waals surface area contributed by atoms with Crippen LogP contribution >= 0.6 is 11.3 Å². The van der Waals surface area contributed by atoms with Gasteiger partial charge in [0.15, 0.2) is 0 Å². The average molecular weight is 268 g/mol. The number of thiazole rings is 1. The van der Waals surface area contributed by atoms with Gasteiger partial charge in [0, 0.05) is 30.6 Å². The van der Waals surface area contributed by atoms with Crippen LogP contribution in [0.2, 0.25) is 0 Å². The molecule has 2 rings (SSSR count). The lowest BCUT2D eigenvalue weighted by atomic mass is 9.99. The highest BCUT2D eigenvalue weighted by Crippen LogP contribution is 2.28. The zero-order valence-corrected chi connectivity index (χ0v) is 12.0. The highest BCUT2D eigenvalue weighted by atomic mass is 32.1. The highest BCUT2D eigenvalue weighted by molar-refractivity contribution is 7.09. The van der Waals surface area contributed by atoms with Gasteiger partial charge < -0.3 is 9.64 Å². The smallest absolute Gasteiger partial charge is 0.410 e. The molecule has 0 unspecified atom stereocenters. The lowest BCUT2D eigenvalue weighted by molar-refractivity contribution is 0.0198. The maximum atomic E-state index is 12.0. The number of nitrogens with zero attached hydrogens (tertiary/aromatic N) is 2. The topological polar surface area (TPSA) is 42.4 Å². The summed E-state index contributed by atoms with van der Waals surface area (Å²) in [5, 5.41) is 3.12. The lowest BCUT2D eigenvalue weighted by Crippen LogP contribution is -2.42. The van der Waals surface area contributed by atoms with Crippen molar-refractivity contribution >= 4 is 17.4 Å². The highest BCUT2D eigenvalue weighted by Gasteiger charge is 2.29. The Balaban J connectivity index is 1.96. The van der Waals surface area contributed by atoms with E-state index in [4.69, 9.17) is 4.74 Å². The Hall–Kier alpha value is -1.10. The van der Waals surface area contributed by atoms with Crippen LogP contribution in [0, 0.1) is 0 Å². The van der Waals surface area contributed by atoms with Crippen molar-refractivity contribution in [3.63, 3.8) is 0 Å². The molecule has 0 spiro atoms. The first-order valence-corrected chi connectivity index (χ1v) is 7.21. The minimum Gasteiger partial charge on any atom is -0.444 e. The van der Waals surface area contributed by atoms with E-state index < -0.39 is 5.60 Å². The molecule has 0 aromatic carbocycles. The molecule has 1 fully saturated rings. The van der Waals surface area contributed by atoms with Crippen molar-refractivity contribution in [3.05, 3.63) is 16.6 Å². The van der Waals surface area contributed by atoms with Crippen LogP contribution in [0.4, 0.5) is 4.79 Å².